The summed E-state index contributed by atoms with van der Waals surface area (Å²) >= 11 is 0. The zero-order valence-electron chi connectivity index (χ0n) is 18.4. The predicted octanol–water partition coefficient (Wildman–Crippen LogP) is 3.37. The molecule has 0 atom stereocenters. The van der Waals surface area contributed by atoms with Crippen molar-refractivity contribution in [3.05, 3.63) is 52.6 Å². The summed E-state index contributed by atoms with van der Waals surface area (Å²) in [5.41, 5.74) is 1.96. The van der Waals surface area contributed by atoms with Crippen LogP contribution in [0.1, 0.15) is 5.56 Å². The molecule has 1 aromatic carbocycles. The van der Waals surface area contributed by atoms with Gasteiger partial charge >= 0.3 is 0 Å². The highest BCUT2D eigenvalue weighted by molar-refractivity contribution is 6.07. The van der Waals surface area contributed by atoms with E-state index < -0.39 is 0 Å². The highest BCUT2D eigenvalue weighted by Crippen LogP contribution is 2.43. The molecule has 0 unspecified atom stereocenters. The van der Waals surface area contributed by atoms with E-state index in [1.54, 1.807) is 31.8 Å². The van der Waals surface area contributed by atoms with Crippen molar-refractivity contribution in [1.29, 1.82) is 0 Å². The van der Waals surface area contributed by atoms with Gasteiger partial charge in [0.25, 0.3) is 0 Å². The van der Waals surface area contributed by atoms with Gasteiger partial charge in [-0.15, -0.1) is 0 Å². The van der Waals surface area contributed by atoms with E-state index in [9.17, 15) is 4.79 Å². The standard InChI is InChI=1S/C24H25N3O5/c1-26-8-10-27(11-9-26)14-17-19(28)18-21(29-2)16-6-12-31-22(16)24(30-3)23(18)32-20(17)15-5-4-7-25-13-15/h4-7,12-13H,8-11,14H2,1-3H3. The third-order valence-electron chi connectivity index (χ3n) is 6.07. The number of benzene rings is 1. The summed E-state index contributed by atoms with van der Waals surface area (Å²) in [6.45, 7) is 4.14. The van der Waals surface area contributed by atoms with Gasteiger partial charge in [0.2, 0.25) is 11.2 Å². The minimum atomic E-state index is -0.137. The normalized spacial score (nSPS) is 15.5. The summed E-state index contributed by atoms with van der Waals surface area (Å²) in [7, 11) is 5.18. The van der Waals surface area contributed by atoms with Crippen LogP contribution in [-0.2, 0) is 6.54 Å². The maximum absolute atomic E-state index is 14.0. The molecule has 0 amide bonds. The zero-order valence-corrected chi connectivity index (χ0v) is 18.4. The van der Waals surface area contributed by atoms with Crippen LogP contribution in [0.5, 0.6) is 11.5 Å². The van der Waals surface area contributed by atoms with E-state index in [0.717, 1.165) is 31.7 Å². The third kappa shape index (κ3) is 3.32. The van der Waals surface area contributed by atoms with Gasteiger partial charge in [-0.2, -0.15) is 0 Å². The van der Waals surface area contributed by atoms with E-state index in [-0.39, 0.29) is 5.43 Å². The highest BCUT2D eigenvalue weighted by atomic mass is 16.5. The van der Waals surface area contributed by atoms with Gasteiger partial charge in [-0.3, -0.25) is 14.7 Å². The molecule has 8 heteroatoms. The summed E-state index contributed by atoms with van der Waals surface area (Å²) in [5.74, 6) is 1.28. The van der Waals surface area contributed by atoms with E-state index in [1.807, 2.05) is 12.1 Å². The highest BCUT2D eigenvalue weighted by Gasteiger charge is 2.27. The molecule has 5 rings (SSSR count). The Morgan fingerprint density at radius 2 is 1.84 bits per heavy atom. The molecule has 0 spiro atoms. The lowest BCUT2D eigenvalue weighted by molar-refractivity contribution is 0.147. The molecule has 0 aliphatic carbocycles. The van der Waals surface area contributed by atoms with Gasteiger partial charge in [0, 0.05) is 50.7 Å². The average Bonchev–Trinajstić information content (AvgIpc) is 3.30. The maximum Gasteiger partial charge on any atom is 0.206 e. The number of nitrogens with zero attached hydrogens (tertiary/aromatic N) is 3. The molecule has 8 nitrogen and oxygen atoms in total. The van der Waals surface area contributed by atoms with Crippen molar-refractivity contribution < 1.29 is 18.3 Å². The van der Waals surface area contributed by atoms with Gasteiger partial charge in [0.15, 0.2) is 11.2 Å². The smallest absolute Gasteiger partial charge is 0.206 e. The molecule has 1 saturated heterocycles. The lowest BCUT2D eigenvalue weighted by Gasteiger charge is -2.32. The molecule has 166 valence electrons. The minimum Gasteiger partial charge on any atom is -0.495 e. The first kappa shape index (κ1) is 20.5. The van der Waals surface area contributed by atoms with Gasteiger partial charge in [-0.25, -0.2) is 0 Å². The van der Waals surface area contributed by atoms with Crippen molar-refractivity contribution in [2.45, 2.75) is 6.54 Å². The molecule has 0 N–H and O–H groups in total. The Morgan fingerprint density at radius 1 is 1.06 bits per heavy atom. The van der Waals surface area contributed by atoms with Gasteiger partial charge in [0.05, 0.1) is 31.4 Å². The third-order valence-corrected chi connectivity index (χ3v) is 6.07. The Balaban J connectivity index is 1.81. The fraction of sp³-hybridized carbons (Fsp3) is 0.333. The molecule has 4 heterocycles. The SMILES string of the molecule is COc1c2occc2c(OC)c2c(=O)c(CN3CCN(C)CC3)c(-c3cccnc3)oc12. The Bertz CT molecular complexity index is 1320. The number of methoxy groups -OCH3 is 2. The molecular weight excluding hydrogens is 410 g/mol. The van der Waals surface area contributed by atoms with E-state index in [4.69, 9.17) is 18.3 Å². The number of likely N-dealkylation sites (N-methyl/N-ethyl adjacent to an activating group) is 1. The number of rotatable bonds is 5. The Labute approximate surface area is 184 Å². The Hall–Kier alpha value is -3.36. The van der Waals surface area contributed by atoms with Gasteiger partial charge in [-0.1, -0.05) is 0 Å². The number of hydrogen-bond acceptors (Lipinski definition) is 8. The number of fused-ring (bicyclic) bond motifs is 2. The number of piperazine rings is 1. The molecular formula is C24H25N3O5. The van der Waals surface area contributed by atoms with Crippen molar-refractivity contribution in [1.82, 2.24) is 14.8 Å². The van der Waals surface area contributed by atoms with Crippen molar-refractivity contribution in [3.63, 3.8) is 0 Å². The topological polar surface area (TPSA) is 81.2 Å². The van der Waals surface area contributed by atoms with Crippen LogP contribution in [-0.4, -0.2) is 62.2 Å². The summed E-state index contributed by atoms with van der Waals surface area (Å²) in [6, 6.07) is 5.48. The molecule has 4 aromatic rings. The van der Waals surface area contributed by atoms with Crippen molar-refractivity contribution in [2.75, 3.05) is 47.4 Å². The van der Waals surface area contributed by atoms with Crippen LogP contribution in [0.25, 0.3) is 33.3 Å². The van der Waals surface area contributed by atoms with Crippen molar-refractivity contribution in [2.24, 2.45) is 0 Å². The van der Waals surface area contributed by atoms with Gasteiger partial charge in [0.1, 0.15) is 16.9 Å². The number of hydrogen-bond donors (Lipinski definition) is 0. The summed E-state index contributed by atoms with van der Waals surface area (Å²) in [6.07, 6.45) is 4.94. The fourth-order valence-corrected chi connectivity index (χ4v) is 4.34. The largest absolute Gasteiger partial charge is 0.495 e. The van der Waals surface area contributed by atoms with Crippen LogP contribution in [0.4, 0.5) is 0 Å². The second kappa shape index (κ2) is 8.29. The van der Waals surface area contributed by atoms with E-state index in [1.165, 1.54) is 7.11 Å². The van der Waals surface area contributed by atoms with E-state index in [0.29, 0.717) is 51.3 Å². The molecule has 1 aliphatic rings. The maximum atomic E-state index is 14.0. The number of ether oxygens (including phenoxy) is 2. The van der Waals surface area contributed by atoms with Crippen LogP contribution in [0.15, 0.2) is 50.5 Å². The first-order valence-corrected chi connectivity index (χ1v) is 10.5. The zero-order chi connectivity index (χ0) is 22.2. The minimum absolute atomic E-state index is 0.137. The monoisotopic (exact) mass is 435 g/mol. The second-order valence-electron chi connectivity index (χ2n) is 7.99. The fourth-order valence-electron chi connectivity index (χ4n) is 4.34. The predicted molar refractivity (Wildman–Crippen MR) is 121 cm³/mol. The van der Waals surface area contributed by atoms with Crippen LogP contribution in [0.2, 0.25) is 0 Å². The van der Waals surface area contributed by atoms with E-state index in [2.05, 4.69) is 21.8 Å². The lowest BCUT2D eigenvalue weighted by atomic mass is 10.0. The quantitative estimate of drug-likeness (QED) is 0.472. The van der Waals surface area contributed by atoms with Gasteiger partial charge in [-0.05, 0) is 25.2 Å². The number of furan rings is 1. The summed E-state index contributed by atoms with van der Waals surface area (Å²) < 4.78 is 23.4. The summed E-state index contributed by atoms with van der Waals surface area (Å²) in [5, 5.41) is 1.03. The van der Waals surface area contributed by atoms with Gasteiger partial charge < -0.3 is 23.2 Å². The molecule has 1 fully saturated rings. The van der Waals surface area contributed by atoms with Crippen molar-refractivity contribution >= 4 is 21.9 Å². The first-order chi connectivity index (χ1) is 15.6. The Kier molecular flexibility index (Phi) is 5.32. The van der Waals surface area contributed by atoms with Crippen molar-refractivity contribution in [3.8, 4) is 22.8 Å². The van der Waals surface area contributed by atoms with E-state index >= 15 is 0 Å². The summed E-state index contributed by atoms with van der Waals surface area (Å²) in [4.78, 5) is 22.8. The number of aromatic nitrogens is 1. The molecule has 0 bridgehead atoms. The Morgan fingerprint density at radius 3 is 2.53 bits per heavy atom. The molecule has 0 saturated carbocycles. The average molecular weight is 435 g/mol. The first-order valence-electron chi connectivity index (χ1n) is 10.5. The van der Waals surface area contributed by atoms with Crippen LogP contribution < -0.4 is 14.9 Å². The molecule has 32 heavy (non-hydrogen) atoms. The number of pyridine rings is 1. The molecule has 1 aliphatic heterocycles. The van der Waals surface area contributed by atoms with Crippen LogP contribution in [0.3, 0.4) is 0 Å². The van der Waals surface area contributed by atoms with Crippen LogP contribution in [0, 0.1) is 0 Å². The molecule has 0 radical (unpaired) electrons. The van der Waals surface area contributed by atoms with Crippen LogP contribution >= 0.6 is 0 Å². The lowest BCUT2D eigenvalue weighted by Crippen LogP contribution is -2.44. The molecule has 3 aromatic heterocycles. The second-order valence-corrected chi connectivity index (χ2v) is 7.99.